The molecule has 0 aliphatic rings. The molecule has 1 atom stereocenters. The predicted octanol–water partition coefficient (Wildman–Crippen LogP) is 1.95. The van der Waals surface area contributed by atoms with Crippen molar-refractivity contribution in [3.05, 3.63) is 35.6 Å². The summed E-state index contributed by atoms with van der Waals surface area (Å²) < 4.78 is 12.7. The average molecular weight is 239 g/mol. The molecule has 3 nitrogen and oxygen atoms in total. The van der Waals surface area contributed by atoms with Crippen LogP contribution in [0, 0.1) is 5.82 Å². The van der Waals surface area contributed by atoms with Gasteiger partial charge < -0.3 is 10.0 Å². The number of amides is 1. The van der Waals surface area contributed by atoms with Crippen molar-refractivity contribution >= 4 is 5.91 Å². The number of aliphatic hydroxyl groups excluding tert-OH is 1. The number of carbonyl (C=O) groups is 1. The predicted molar refractivity (Wildman–Crippen MR) is 63.8 cm³/mol. The second-order valence-corrected chi connectivity index (χ2v) is 4.26. The van der Waals surface area contributed by atoms with E-state index in [-0.39, 0.29) is 11.7 Å². The van der Waals surface area contributed by atoms with Crippen LogP contribution in [-0.2, 0) is 11.3 Å². The van der Waals surface area contributed by atoms with E-state index in [2.05, 4.69) is 0 Å². The third-order valence-corrected chi connectivity index (χ3v) is 2.53. The van der Waals surface area contributed by atoms with E-state index < -0.39 is 6.10 Å². The normalized spacial score (nSPS) is 12.2. The Morgan fingerprint density at radius 2 is 2.00 bits per heavy atom. The maximum absolute atomic E-state index is 12.7. The molecule has 1 aromatic carbocycles. The summed E-state index contributed by atoms with van der Waals surface area (Å²) in [6.07, 6.45) is 0.334. The van der Waals surface area contributed by atoms with Crippen molar-refractivity contribution in [1.29, 1.82) is 0 Å². The Labute approximate surface area is 101 Å². The number of hydrogen-bond donors (Lipinski definition) is 1. The molecule has 0 heterocycles. The van der Waals surface area contributed by atoms with Gasteiger partial charge in [-0.05, 0) is 31.0 Å². The summed E-state index contributed by atoms with van der Waals surface area (Å²) in [4.78, 5) is 13.2. The van der Waals surface area contributed by atoms with Crippen LogP contribution in [0.15, 0.2) is 24.3 Å². The molecule has 4 heteroatoms. The Bertz CT molecular complexity index is 362. The second-order valence-electron chi connectivity index (χ2n) is 4.26. The molecule has 1 unspecified atom stereocenters. The van der Waals surface area contributed by atoms with Crippen molar-refractivity contribution in [3.8, 4) is 0 Å². The Morgan fingerprint density at radius 3 is 2.53 bits per heavy atom. The van der Waals surface area contributed by atoms with Crippen LogP contribution in [0.5, 0.6) is 0 Å². The van der Waals surface area contributed by atoms with Crippen LogP contribution >= 0.6 is 0 Å². The van der Waals surface area contributed by atoms with E-state index in [4.69, 9.17) is 5.11 Å². The number of rotatable bonds is 5. The first-order chi connectivity index (χ1) is 7.99. The van der Waals surface area contributed by atoms with Crippen molar-refractivity contribution in [2.75, 3.05) is 7.05 Å². The molecule has 0 aromatic heterocycles. The zero-order valence-corrected chi connectivity index (χ0v) is 10.2. The number of carbonyl (C=O) groups excluding carboxylic acids is 1. The Hall–Kier alpha value is -1.42. The lowest BCUT2D eigenvalue weighted by atomic mass is 10.2. The van der Waals surface area contributed by atoms with Gasteiger partial charge in [0.15, 0.2) is 0 Å². The number of aliphatic hydroxyl groups is 1. The minimum atomic E-state index is -0.460. The number of hydrogen-bond acceptors (Lipinski definition) is 2. The number of halogens is 1. The molecule has 1 amide bonds. The third-order valence-electron chi connectivity index (χ3n) is 2.53. The molecule has 0 saturated carbocycles. The average Bonchev–Trinajstić information content (AvgIpc) is 2.28. The van der Waals surface area contributed by atoms with Gasteiger partial charge in [0, 0.05) is 20.0 Å². The van der Waals surface area contributed by atoms with Gasteiger partial charge in [-0.3, -0.25) is 4.79 Å². The van der Waals surface area contributed by atoms with Gasteiger partial charge in [0.1, 0.15) is 5.82 Å². The molecule has 1 aromatic rings. The fourth-order valence-electron chi connectivity index (χ4n) is 1.48. The van der Waals surface area contributed by atoms with Crippen LogP contribution in [0.3, 0.4) is 0 Å². The summed E-state index contributed by atoms with van der Waals surface area (Å²) in [5.41, 5.74) is 0.888. The zero-order chi connectivity index (χ0) is 12.8. The van der Waals surface area contributed by atoms with Crippen molar-refractivity contribution in [2.24, 2.45) is 0 Å². The largest absolute Gasteiger partial charge is 0.393 e. The van der Waals surface area contributed by atoms with E-state index in [0.29, 0.717) is 19.4 Å². The first-order valence-electron chi connectivity index (χ1n) is 5.65. The van der Waals surface area contributed by atoms with Crippen LogP contribution in [0.2, 0.25) is 0 Å². The lowest BCUT2D eigenvalue weighted by Gasteiger charge is -2.17. The first kappa shape index (κ1) is 13.6. The van der Waals surface area contributed by atoms with E-state index >= 15 is 0 Å². The van der Waals surface area contributed by atoms with E-state index in [1.54, 1.807) is 31.0 Å². The second kappa shape index (κ2) is 6.35. The minimum absolute atomic E-state index is 0.0183. The highest BCUT2D eigenvalue weighted by molar-refractivity contribution is 5.75. The molecule has 0 aliphatic carbocycles. The highest BCUT2D eigenvalue weighted by atomic mass is 19.1. The molecule has 0 saturated heterocycles. The Kier molecular flexibility index (Phi) is 5.10. The van der Waals surface area contributed by atoms with E-state index in [0.717, 1.165) is 5.56 Å². The van der Waals surface area contributed by atoms with E-state index in [1.165, 1.54) is 12.1 Å². The monoisotopic (exact) mass is 239 g/mol. The molecule has 0 spiro atoms. The summed E-state index contributed by atoms with van der Waals surface area (Å²) in [5, 5.41) is 9.09. The van der Waals surface area contributed by atoms with Crippen LogP contribution in [0.4, 0.5) is 4.39 Å². The van der Waals surface area contributed by atoms with Gasteiger partial charge >= 0.3 is 0 Å². The van der Waals surface area contributed by atoms with Crippen molar-refractivity contribution in [1.82, 2.24) is 4.90 Å². The summed E-state index contributed by atoms with van der Waals surface area (Å²) in [6, 6.07) is 6.08. The van der Waals surface area contributed by atoms with Gasteiger partial charge in [0.05, 0.1) is 6.10 Å². The van der Waals surface area contributed by atoms with Crippen molar-refractivity contribution in [2.45, 2.75) is 32.4 Å². The lowest BCUT2D eigenvalue weighted by Crippen LogP contribution is -2.26. The number of nitrogens with zero attached hydrogens (tertiary/aromatic N) is 1. The van der Waals surface area contributed by atoms with Crippen LogP contribution in [-0.4, -0.2) is 29.1 Å². The highest BCUT2D eigenvalue weighted by Gasteiger charge is 2.10. The quantitative estimate of drug-likeness (QED) is 0.853. The standard InChI is InChI=1S/C13H18FNO2/c1-10(16)3-8-13(17)15(2)9-11-4-6-12(14)7-5-11/h4-7,10,16H,3,8-9H2,1-2H3. The van der Waals surface area contributed by atoms with Crippen LogP contribution in [0.25, 0.3) is 0 Å². The van der Waals surface area contributed by atoms with Gasteiger partial charge in [-0.15, -0.1) is 0 Å². The first-order valence-corrected chi connectivity index (χ1v) is 5.65. The zero-order valence-electron chi connectivity index (χ0n) is 10.2. The van der Waals surface area contributed by atoms with Crippen molar-refractivity contribution < 1.29 is 14.3 Å². The summed E-state index contributed by atoms with van der Waals surface area (Å²) in [5.74, 6) is -0.299. The molecule has 0 aliphatic heterocycles. The summed E-state index contributed by atoms with van der Waals surface area (Å²) in [7, 11) is 1.70. The fraction of sp³-hybridized carbons (Fsp3) is 0.462. The van der Waals surface area contributed by atoms with Crippen molar-refractivity contribution in [3.63, 3.8) is 0 Å². The molecular formula is C13H18FNO2. The summed E-state index contributed by atoms with van der Waals surface area (Å²) >= 11 is 0. The van der Waals surface area contributed by atoms with Gasteiger partial charge in [-0.25, -0.2) is 4.39 Å². The van der Waals surface area contributed by atoms with Gasteiger partial charge in [0.25, 0.3) is 0 Å². The molecule has 1 N–H and O–H groups in total. The Balaban J connectivity index is 2.45. The minimum Gasteiger partial charge on any atom is -0.393 e. The SMILES string of the molecule is CC(O)CCC(=O)N(C)Cc1ccc(F)cc1. The Morgan fingerprint density at radius 1 is 1.41 bits per heavy atom. The molecule has 0 bridgehead atoms. The topological polar surface area (TPSA) is 40.5 Å². The molecular weight excluding hydrogens is 221 g/mol. The van der Waals surface area contributed by atoms with E-state index in [9.17, 15) is 9.18 Å². The molecule has 0 fully saturated rings. The molecule has 94 valence electrons. The van der Waals surface area contributed by atoms with Gasteiger partial charge in [-0.1, -0.05) is 12.1 Å². The van der Waals surface area contributed by atoms with Gasteiger partial charge in [-0.2, -0.15) is 0 Å². The molecule has 0 radical (unpaired) electrons. The third kappa shape index (κ3) is 4.95. The molecule has 1 rings (SSSR count). The maximum Gasteiger partial charge on any atom is 0.222 e. The lowest BCUT2D eigenvalue weighted by molar-refractivity contribution is -0.131. The van der Waals surface area contributed by atoms with Crippen LogP contribution < -0.4 is 0 Å². The van der Waals surface area contributed by atoms with Gasteiger partial charge in [0.2, 0.25) is 5.91 Å². The summed E-state index contributed by atoms with van der Waals surface area (Å²) in [6.45, 7) is 2.12. The maximum atomic E-state index is 12.7. The van der Waals surface area contributed by atoms with Crippen LogP contribution in [0.1, 0.15) is 25.3 Å². The smallest absolute Gasteiger partial charge is 0.222 e. The highest BCUT2D eigenvalue weighted by Crippen LogP contribution is 2.07. The van der Waals surface area contributed by atoms with E-state index in [1.807, 2.05) is 0 Å². The number of benzene rings is 1. The molecule has 17 heavy (non-hydrogen) atoms. The fourth-order valence-corrected chi connectivity index (χ4v) is 1.48.